The molecule has 0 aromatic carbocycles. The molecule has 2 saturated carbocycles. The van der Waals surface area contributed by atoms with Crippen molar-refractivity contribution in [3.05, 3.63) is 153 Å². The number of halogens is 14. The number of amides is 3. The standard InChI is InChI=1S/C17H20F4N6O.C17H16F4N4O.C13H18N5.C12H10F4N2O2.2C6H7N.ClHO4.ClH/c18-13-12(1-6-24-14(13)17(19,20)21)15(28)26-7-2-11(3-8-26)27-9-16(10-27,25-23)4-5-22;18-14-13(2-6-23-15(14)17(19,20)21)16(26)24-7-3-12(4-8-24)25-9-11(10-25)1-5-22;1-17(2)7-10(8-18(3)4)12-11-5-6-14-13(11)16-9-15-12;13-9-8(1-4-17-10(9)12(14,15)16)11(20)18-5-2-7(19)3-6-18;2*7-5-4-6-2-1-3-6;2-1(3,4)5;/h1,6,11,25H,2-4,7-10,23H2;1-2,6,12H,3-4,7-10H2;5-9H,1-4H3,(H,14,15,16);1,4H,2-3,5-6H2;2*4H,1-3H2;(H,2,3,4,5);1H/q;;+1;;;;;/p-1. The Balaban J connectivity index is 0.000000248. The number of carbonyl (C=O) groups is 4. The predicted molar refractivity (Wildman–Crippen MR) is 369 cm³/mol. The first-order valence-electron chi connectivity index (χ1n) is 34.2. The van der Waals surface area contributed by atoms with Gasteiger partial charge in [0, 0.05) is 159 Å². The molecule has 5 aromatic rings. The highest BCUT2D eigenvalue weighted by Crippen LogP contribution is 2.36. The van der Waals surface area contributed by atoms with Crippen molar-refractivity contribution in [2.24, 2.45) is 5.84 Å². The van der Waals surface area contributed by atoms with E-state index < -0.39 is 103 Å². The second kappa shape index (κ2) is 42.0. The number of fused-ring (bicyclic) bond motifs is 1. The van der Waals surface area contributed by atoms with E-state index in [4.69, 9.17) is 45.5 Å². The van der Waals surface area contributed by atoms with Gasteiger partial charge in [-0.15, -0.1) is 22.7 Å². The number of carbonyl (C=O) groups excluding carboxylic acids is 4. The van der Waals surface area contributed by atoms with Crippen LogP contribution in [0.5, 0.6) is 0 Å². The van der Waals surface area contributed by atoms with Crippen LogP contribution < -0.4 is 29.9 Å². The van der Waals surface area contributed by atoms with Crippen molar-refractivity contribution in [2.75, 3.05) is 93.6 Å². The lowest BCUT2D eigenvalue weighted by Gasteiger charge is -2.53. The van der Waals surface area contributed by atoms with E-state index in [2.05, 4.69) is 63.6 Å². The Kier molecular flexibility index (Phi) is 34.7. The second-order valence-electron chi connectivity index (χ2n) is 26.5. The maximum atomic E-state index is 14.2. The number of nitrogens with one attached hydrogen (secondary N) is 2. The summed E-state index contributed by atoms with van der Waals surface area (Å²) < 4.78 is 192. The van der Waals surface area contributed by atoms with E-state index in [0.717, 1.165) is 103 Å². The molecule has 2 aliphatic carbocycles. The van der Waals surface area contributed by atoms with Gasteiger partial charge in [-0.1, -0.05) is 11.1 Å². The summed E-state index contributed by atoms with van der Waals surface area (Å²) in [6.45, 7) is 4.16. The number of ketones is 1. The van der Waals surface area contributed by atoms with Crippen molar-refractivity contribution in [2.45, 2.75) is 120 Å². The number of piperidine rings is 3. The van der Waals surface area contributed by atoms with Crippen LogP contribution in [-0.2, 0) is 23.3 Å². The van der Waals surface area contributed by atoms with Gasteiger partial charge in [0.2, 0.25) is 0 Å². The number of hydrogen-bond acceptors (Lipinski definition) is 22. The third-order valence-electron chi connectivity index (χ3n) is 18.1. The fraction of sp³-hybridized carbons (Fsp3) is 0.465. The van der Waals surface area contributed by atoms with Gasteiger partial charge >= 0.3 is 18.5 Å². The molecule has 0 spiro atoms. The third kappa shape index (κ3) is 27.1. The Morgan fingerprint density at radius 3 is 1.34 bits per heavy atom. The number of allylic oxidation sites excluding steroid dienone is 6. The quantitative estimate of drug-likeness (QED) is 0.0358. The summed E-state index contributed by atoms with van der Waals surface area (Å²) in [6, 6.07) is 13.4. The molecule has 0 unspecified atom stereocenters. The summed E-state index contributed by atoms with van der Waals surface area (Å²) in [7, 11) is 3.05. The van der Waals surface area contributed by atoms with Gasteiger partial charge in [-0.2, -0.15) is 60.6 Å². The smallest absolute Gasteiger partial charge is 0.383 e. The Morgan fingerprint density at radius 1 is 0.625 bits per heavy atom. The number of aromatic amines is 1. The molecular formula is C71H79Cl2F12N19O8. The Labute approximate surface area is 644 Å². The summed E-state index contributed by atoms with van der Waals surface area (Å²) in [5, 5.41) is 34.7. The number of Topliss-reactive ketones (excluding diaryl/α,β-unsaturated/α-hetero) is 1. The Morgan fingerprint density at radius 2 is 1.01 bits per heavy atom. The van der Waals surface area contributed by atoms with Crippen LogP contribution in [0.2, 0.25) is 0 Å². The van der Waals surface area contributed by atoms with E-state index in [-0.39, 0.29) is 56.2 Å². The number of nitrogens with zero attached hydrogens (tertiary/aromatic N) is 16. The molecule has 10 heterocycles. The molecular weight excluding hydrogens is 1550 g/mol. The molecule has 5 saturated heterocycles. The molecule has 12 rings (SSSR count). The predicted octanol–water partition coefficient (Wildman–Crippen LogP) is 6.04. The van der Waals surface area contributed by atoms with Crippen LogP contribution in [0, 0.1) is 73.0 Å². The van der Waals surface area contributed by atoms with Crippen LogP contribution >= 0.6 is 12.4 Å². The monoisotopic (exact) mass is 1620 g/mol. The van der Waals surface area contributed by atoms with E-state index in [1.807, 2.05) is 68.1 Å². The average molecular weight is 1630 g/mol. The van der Waals surface area contributed by atoms with Gasteiger partial charge in [-0.05, 0) is 94.0 Å². The number of hydrazine groups is 1. The third-order valence-corrected chi connectivity index (χ3v) is 18.1. The first-order valence-corrected chi connectivity index (χ1v) is 35.4. The molecule has 112 heavy (non-hydrogen) atoms. The van der Waals surface area contributed by atoms with Crippen LogP contribution in [0.3, 0.4) is 0 Å². The lowest BCUT2D eigenvalue weighted by atomic mass is 9.84. The second-order valence-corrected chi connectivity index (χ2v) is 27.2. The first kappa shape index (κ1) is 92.6. The highest BCUT2D eigenvalue weighted by Gasteiger charge is 2.47. The molecule has 604 valence electrons. The van der Waals surface area contributed by atoms with Gasteiger partial charge in [0.05, 0.1) is 64.2 Å². The van der Waals surface area contributed by atoms with Gasteiger partial charge in [0.15, 0.2) is 40.7 Å². The minimum absolute atomic E-state index is 0. The minimum Gasteiger partial charge on any atom is -0.383 e. The van der Waals surface area contributed by atoms with Crippen molar-refractivity contribution in [3.63, 3.8) is 0 Å². The largest absolute Gasteiger partial charge is 0.436 e. The minimum atomic E-state index is -4.96. The molecule has 4 N–H and O–H groups in total. The van der Waals surface area contributed by atoms with Crippen LogP contribution in [0.15, 0.2) is 96.5 Å². The Bertz CT molecular complexity index is 4350. The van der Waals surface area contributed by atoms with Gasteiger partial charge in [0.1, 0.15) is 31.9 Å². The number of alkyl halides is 9. The molecule has 0 bridgehead atoms. The average Bonchev–Trinajstić information content (AvgIpc) is 0.999. The molecule has 7 aliphatic rings. The summed E-state index contributed by atoms with van der Waals surface area (Å²) >= 11 is 0. The van der Waals surface area contributed by atoms with Gasteiger partial charge in [-0.3, -0.25) is 40.2 Å². The zero-order valence-corrected chi connectivity index (χ0v) is 62.4. The summed E-state index contributed by atoms with van der Waals surface area (Å²) in [6.07, 6.45) is 10.2. The van der Waals surface area contributed by atoms with E-state index in [9.17, 15) is 71.9 Å². The maximum Gasteiger partial charge on any atom is 0.436 e. The molecule has 5 aromatic heterocycles. The van der Waals surface area contributed by atoms with Gasteiger partial charge in [0.25, 0.3) is 17.7 Å². The first-order chi connectivity index (χ1) is 52.3. The molecule has 0 radical (unpaired) electrons. The van der Waals surface area contributed by atoms with E-state index in [1.165, 1.54) is 44.8 Å². The highest BCUT2D eigenvalue weighted by atomic mass is 35.7. The van der Waals surface area contributed by atoms with Crippen LogP contribution in [-0.4, -0.2) is 205 Å². The van der Waals surface area contributed by atoms with Crippen molar-refractivity contribution in [1.29, 1.82) is 21.0 Å². The lowest BCUT2D eigenvalue weighted by Crippen LogP contribution is -2.73. The highest BCUT2D eigenvalue weighted by molar-refractivity contribution is 6.11. The summed E-state index contributed by atoms with van der Waals surface area (Å²) in [5.74, 6) is -1.82. The van der Waals surface area contributed by atoms with E-state index in [1.54, 1.807) is 18.5 Å². The van der Waals surface area contributed by atoms with Crippen molar-refractivity contribution >= 4 is 58.7 Å². The molecule has 0 atom stereocenters. The molecule has 41 heteroatoms. The maximum absolute atomic E-state index is 14.2. The lowest BCUT2D eigenvalue weighted by molar-refractivity contribution is -2.00. The zero-order chi connectivity index (χ0) is 82.2. The van der Waals surface area contributed by atoms with Crippen molar-refractivity contribution in [1.82, 2.24) is 64.7 Å². The number of nitriles is 4. The molecule has 3 amide bonds. The van der Waals surface area contributed by atoms with Crippen molar-refractivity contribution < 1.29 is 105 Å². The number of H-pyrrole nitrogens is 1. The van der Waals surface area contributed by atoms with Crippen LogP contribution in [0.1, 0.15) is 137 Å². The SMILES string of the molecule is CN(C)/C=C(/C=[N+](C)C)c1ncnc2[nH]ccc12.Cl.N#CC=C1CCC1.N#CC=C1CCC1.N#CC=C1CN(C2CCN(C(=O)c3ccnc(C(F)(F)F)c3F)CC2)C1.N#CCC1(NN)CN(C2CCN(C(=O)c3ccnc(C(F)(F)F)c3F)CC2)C1.O=C1CCN(C(=O)c2ccnc(C(F)(F)F)c2F)CC1.[O-][Cl+3]([O-])([O-])[O-]. The number of rotatable bonds is 10. The summed E-state index contributed by atoms with van der Waals surface area (Å²) in [5.41, 5.74) is 1.85. The molecule has 27 nitrogen and oxygen atoms in total. The van der Waals surface area contributed by atoms with E-state index >= 15 is 0 Å². The van der Waals surface area contributed by atoms with Crippen molar-refractivity contribution in [3.8, 4) is 24.3 Å². The van der Waals surface area contributed by atoms with Crippen LogP contribution in [0.25, 0.3) is 16.6 Å². The van der Waals surface area contributed by atoms with E-state index in [0.29, 0.717) is 71.4 Å². The van der Waals surface area contributed by atoms with Gasteiger partial charge < -0.3 is 24.6 Å². The zero-order valence-electron chi connectivity index (χ0n) is 60.8. The topological polar surface area (TPSA) is 396 Å². The number of aromatic nitrogens is 6. The Hall–Kier alpha value is -10.0. The number of likely N-dealkylation sites (tertiary alicyclic amines) is 5. The normalized spacial score (nSPS) is 17.0. The van der Waals surface area contributed by atoms with Gasteiger partial charge in [-0.25, -0.2) is 61.3 Å². The number of hydrogen-bond donors (Lipinski definition) is 3. The number of pyridine rings is 3. The fourth-order valence-corrected chi connectivity index (χ4v) is 12.1. The summed E-state index contributed by atoms with van der Waals surface area (Å²) in [4.78, 5) is 78.9. The molecule has 5 aliphatic heterocycles. The number of nitrogens with two attached hydrogens (primary N) is 1. The van der Waals surface area contributed by atoms with Crippen LogP contribution in [0.4, 0.5) is 52.7 Å². The molecule has 7 fully saturated rings. The fourth-order valence-electron chi connectivity index (χ4n) is 12.1.